The molecule has 1 atom stereocenters. The van der Waals surface area contributed by atoms with E-state index in [2.05, 4.69) is 6.92 Å². The van der Waals surface area contributed by atoms with Gasteiger partial charge in [0.25, 0.3) is 0 Å². The molecule has 1 saturated carbocycles. The molecule has 1 aliphatic carbocycles. The zero-order chi connectivity index (χ0) is 11.6. The van der Waals surface area contributed by atoms with Crippen molar-refractivity contribution in [2.75, 3.05) is 0 Å². The summed E-state index contributed by atoms with van der Waals surface area (Å²) in [5, 5.41) is 7.87. The lowest BCUT2D eigenvalue weighted by molar-refractivity contribution is 0.437. The highest BCUT2D eigenvalue weighted by molar-refractivity contribution is 5.81. The molecule has 1 fully saturated rings. The van der Waals surface area contributed by atoms with Gasteiger partial charge in [-0.25, -0.2) is 0 Å². The molecule has 0 aromatic rings. The van der Waals surface area contributed by atoms with E-state index in [1.165, 1.54) is 64.2 Å². The summed E-state index contributed by atoms with van der Waals surface area (Å²) in [6.45, 7) is 2.40. The van der Waals surface area contributed by atoms with Crippen molar-refractivity contribution < 1.29 is 0 Å². The molecule has 0 aromatic heterocycles. The summed E-state index contributed by atoms with van der Waals surface area (Å²) >= 11 is 0. The smallest absolute Gasteiger partial charge is 0.00891 e. The fourth-order valence-corrected chi connectivity index (χ4v) is 2.64. The van der Waals surface area contributed by atoms with Crippen molar-refractivity contribution in [2.45, 2.75) is 84.0 Å². The zero-order valence-electron chi connectivity index (χ0n) is 11.1. The first-order valence-corrected chi connectivity index (χ1v) is 7.35. The van der Waals surface area contributed by atoms with E-state index in [1.54, 1.807) is 0 Å². The molecule has 0 aliphatic heterocycles. The van der Waals surface area contributed by atoms with Crippen molar-refractivity contribution in [1.29, 1.82) is 5.41 Å². The van der Waals surface area contributed by atoms with Crippen LogP contribution in [0.4, 0.5) is 0 Å². The standard InChI is InChI=1S/C15H29N/c1-14-10-6-4-2-3-5-7-12-15(16)13-9-8-11-14/h14,16H,2-13H2,1H3. The quantitative estimate of drug-likeness (QED) is 0.573. The molecule has 0 amide bonds. The predicted octanol–water partition coefficient (Wildman–Crippen LogP) is 5.34. The van der Waals surface area contributed by atoms with E-state index in [0.29, 0.717) is 0 Å². The SMILES string of the molecule is CC1CCCCCCCCC(=N)CCCC1. The minimum atomic E-state index is 0.914. The third-order valence-electron chi connectivity index (χ3n) is 3.85. The Bertz CT molecular complexity index is 186. The van der Waals surface area contributed by atoms with Crippen LogP contribution in [0.3, 0.4) is 0 Å². The maximum atomic E-state index is 7.87. The summed E-state index contributed by atoms with van der Waals surface area (Å²) in [6, 6.07) is 0. The second-order valence-corrected chi connectivity index (χ2v) is 5.61. The Labute approximate surface area is 102 Å². The van der Waals surface area contributed by atoms with Crippen LogP contribution in [0.5, 0.6) is 0 Å². The van der Waals surface area contributed by atoms with Gasteiger partial charge in [-0.3, -0.25) is 0 Å². The van der Waals surface area contributed by atoms with Gasteiger partial charge in [0.1, 0.15) is 0 Å². The third kappa shape index (κ3) is 7.03. The zero-order valence-corrected chi connectivity index (χ0v) is 11.1. The number of rotatable bonds is 0. The first kappa shape index (κ1) is 13.7. The summed E-state index contributed by atoms with van der Waals surface area (Å²) in [7, 11) is 0. The molecule has 0 aromatic carbocycles. The molecule has 0 spiro atoms. The van der Waals surface area contributed by atoms with Crippen LogP contribution in [0, 0.1) is 11.3 Å². The molecule has 0 radical (unpaired) electrons. The summed E-state index contributed by atoms with van der Waals surface area (Å²) in [5.41, 5.74) is 1.00. The van der Waals surface area contributed by atoms with Gasteiger partial charge >= 0.3 is 0 Å². The lowest BCUT2D eigenvalue weighted by Crippen LogP contribution is -2.00. The Balaban J connectivity index is 2.21. The van der Waals surface area contributed by atoms with Gasteiger partial charge in [-0.2, -0.15) is 0 Å². The lowest BCUT2D eigenvalue weighted by atomic mass is 9.94. The maximum absolute atomic E-state index is 7.87. The Morgan fingerprint density at radius 2 is 1.19 bits per heavy atom. The normalized spacial score (nSPS) is 27.3. The molecular formula is C15H29N. The third-order valence-corrected chi connectivity index (χ3v) is 3.85. The Kier molecular flexibility index (Phi) is 7.54. The molecule has 1 aliphatic rings. The highest BCUT2D eigenvalue weighted by Gasteiger charge is 2.04. The van der Waals surface area contributed by atoms with Gasteiger partial charge in [0.15, 0.2) is 0 Å². The van der Waals surface area contributed by atoms with Gasteiger partial charge in [0, 0.05) is 5.71 Å². The molecule has 1 unspecified atom stereocenters. The van der Waals surface area contributed by atoms with Crippen molar-refractivity contribution >= 4 is 5.71 Å². The summed E-state index contributed by atoms with van der Waals surface area (Å²) < 4.78 is 0. The van der Waals surface area contributed by atoms with Gasteiger partial charge in [-0.15, -0.1) is 0 Å². The monoisotopic (exact) mass is 223 g/mol. The van der Waals surface area contributed by atoms with Crippen LogP contribution < -0.4 is 0 Å². The van der Waals surface area contributed by atoms with Crippen molar-refractivity contribution in [3.63, 3.8) is 0 Å². The van der Waals surface area contributed by atoms with Crippen LogP contribution >= 0.6 is 0 Å². The van der Waals surface area contributed by atoms with Gasteiger partial charge in [-0.1, -0.05) is 58.3 Å². The second-order valence-electron chi connectivity index (χ2n) is 5.61. The average molecular weight is 223 g/mol. The van der Waals surface area contributed by atoms with Gasteiger partial charge in [-0.05, 0) is 31.6 Å². The predicted molar refractivity (Wildman–Crippen MR) is 72.3 cm³/mol. The van der Waals surface area contributed by atoms with E-state index in [1.807, 2.05) is 0 Å². The molecule has 1 nitrogen and oxygen atoms in total. The molecule has 0 saturated heterocycles. The lowest BCUT2D eigenvalue weighted by Gasteiger charge is -2.12. The largest absolute Gasteiger partial charge is 0.310 e. The Morgan fingerprint density at radius 3 is 1.88 bits per heavy atom. The molecule has 1 rings (SSSR count). The van der Waals surface area contributed by atoms with E-state index >= 15 is 0 Å². The van der Waals surface area contributed by atoms with Crippen LogP contribution in [0.25, 0.3) is 0 Å². The fraction of sp³-hybridized carbons (Fsp3) is 0.933. The van der Waals surface area contributed by atoms with Crippen LogP contribution in [0.2, 0.25) is 0 Å². The Morgan fingerprint density at radius 1 is 0.750 bits per heavy atom. The molecule has 0 heterocycles. The first-order chi connectivity index (χ1) is 7.79. The van der Waals surface area contributed by atoms with Crippen LogP contribution in [0.15, 0.2) is 0 Å². The van der Waals surface area contributed by atoms with Crippen LogP contribution in [-0.2, 0) is 0 Å². The topological polar surface area (TPSA) is 23.9 Å². The van der Waals surface area contributed by atoms with E-state index in [4.69, 9.17) is 5.41 Å². The molecule has 16 heavy (non-hydrogen) atoms. The van der Waals surface area contributed by atoms with E-state index in [9.17, 15) is 0 Å². The molecule has 0 bridgehead atoms. The van der Waals surface area contributed by atoms with Crippen molar-refractivity contribution in [3.8, 4) is 0 Å². The molecule has 1 N–H and O–H groups in total. The minimum absolute atomic E-state index is 0.914. The van der Waals surface area contributed by atoms with Crippen molar-refractivity contribution in [2.24, 2.45) is 5.92 Å². The number of nitrogens with one attached hydrogen (secondary N) is 1. The molecule has 94 valence electrons. The van der Waals surface area contributed by atoms with E-state index in [-0.39, 0.29) is 0 Å². The van der Waals surface area contributed by atoms with Crippen molar-refractivity contribution in [3.05, 3.63) is 0 Å². The highest BCUT2D eigenvalue weighted by Crippen LogP contribution is 2.19. The fourth-order valence-electron chi connectivity index (χ4n) is 2.64. The van der Waals surface area contributed by atoms with E-state index in [0.717, 1.165) is 24.5 Å². The Hall–Kier alpha value is -0.330. The van der Waals surface area contributed by atoms with Gasteiger partial charge in [0.2, 0.25) is 0 Å². The van der Waals surface area contributed by atoms with Crippen LogP contribution in [0.1, 0.15) is 84.0 Å². The van der Waals surface area contributed by atoms with Crippen LogP contribution in [-0.4, -0.2) is 5.71 Å². The van der Waals surface area contributed by atoms with Gasteiger partial charge in [0.05, 0.1) is 0 Å². The second kappa shape index (κ2) is 8.78. The van der Waals surface area contributed by atoms with Gasteiger partial charge < -0.3 is 5.41 Å². The average Bonchev–Trinajstić information content (AvgIpc) is 2.27. The molecule has 1 heteroatoms. The maximum Gasteiger partial charge on any atom is 0.00891 e. The van der Waals surface area contributed by atoms with E-state index < -0.39 is 0 Å². The molecular weight excluding hydrogens is 194 g/mol. The number of hydrogen-bond donors (Lipinski definition) is 1. The first-order valence-electron chi connectivity index (χ1n) is 7.35. The number of hydrogen-bond acceptors (Lipinski definition) is 1. The summed E-state index contributed by atoms with van der Waals surface area (Å²) in [6.07, 6.45) is 15.8. The minimum Gasteiger partial charge on any atom is -0.310 e. The highest BCUT2D eigenvalue weighted by atomic mass is 14.4. The van der Waals surface area contributed by atoms with Crippen molar-refractivity contribution in [1.82, 2.24) is 0 Å². The summed E-state index contributed by atoms with van der Waals surface area (Å²) in [5.74, 6) is 0.914. The summed E-state index contributed by atoms with van der Waals surface area (Å²) in [4.78, 5) is 0.